The lowest BCUT2D eigenvalue weighted by Crippen LogP contribution is -2.49. The van der Waals surface area contributed by atoms with Crippen LogP contribution in [0.5, 0.6) is 5.75 Å². The molecular weight excluding hydrogens is 433 g/mol. The summed E-state index contributed by atoms with van der Waals surface area (Å²) in [5.41, 5.74) is -0.102. The fraction of sp³-hybridized carbons (Fsp3) is 0.318. The molecule has 2 aromatic heterocycles. The monoisotopic (exact) mass is 455 g/mol. The second kappa shape index (κ2) is 7.54. The first-order chi connectivity index (χ1) is 15.8. The molecule has 0 radical (unpaired) electrons. The number of amides is 1. The number of aryl methyl sites for hydroxylation is 1. The van der Waals surface area contributed by atoms with E-state index in [-0.39, 0.29) is 29.5 Å². The Morgan fingerprint density at radius 2 is 1.88 bits per heavy atom. The number of carboxylic acids is 1. The molecule has 1 saturated heterocycles. The summed E-state index contributed by atoms with van der Waals surface area (Å²) in [6, 6.07) is 4.64. The molecule has 0 unspecified atom stereocenters. The second-order valence-electron chi connectivity index (χ2n) is 8.17. The predicted octanol–water partition coefficient (Wildman–Crippen LogP) is 1.06. The molecule has 2 aliphatic rings. The van der Waals surface area contributed by atoms with Gasteiger partial charge in [-0.15, -0.1) is 0 Å². The highest BCUT2D eigenvalue weighted by molar-refractivity contribution is 5.97. The Hall–Kier alpha value is -4.02. The van der Waals surface area contributed by atoms with Crippen molar-refractivity contribution in [3.05, 3.63) is 57.9 Å². The summed E-state index contributed by atoms with van der Waals surface area (Å²) in [5.74, 6) is -1.94. The van der Waals surface area contributed by atoms with Gasteiger partial charge >= 0.3 is 5.97 Å². The number of nitrogens with zero attached hydrogens (tertiary/aromatic N) is 5. The number of hydrogen-bond donors (Lipinski definition) is 1. The average molecular weight is 455 g/mol. The standard InChI is InChI=1S/C22H22FN5O5/c1-24-5-3-4-16(24)21(30)27-8-6-26(7-9-27)18-15(23)10-13-17-20(18)33-12-25(2)28(17)11-14(19(13)29)22(31)32/h3-5,10-11H,6-9,12H2,1-2H3,(H,31,32). The predicted molar refractivity (Wildman–Crippen MR) is 118 cm³/mol. The van der Waals surface area contributed by atoms with Crippen LogP contribution in [0.15, 0.2) is 35.4 Å². The van der Waals surface area contributed by atoms with E-state index in [9.17, 15) is 19.5 Å². The molecule has 2 aliphatic heterocycles. The summed E-state index contributed by atoms with van der Waals surface area (Å²) in [7, 11) is 3.48. The molecule has 33 heavy (non-hydrogen) atoms. The van der Waals surface area contributed by atoms with E-state index in [1.165, 1.54) is 10.9 Å². The van der Waals surface area contributed by atoms with Crippen molar-refractivity contribution in [3.8, 4) is 5.75 Å². The van der Waals surface area contributed by atoms with Gasteiger partial charge in [-0.05, 0) is 18.2 Å². The molecule has 0 bridgehead atoms. The van der Waals surface area contributed by atoms with Gasteiger partial charge in [0.15, 0.2) is 18.3 Å². The lowest BCUT2D eigenvalue weighted by Gasteiger charge is -2.38. The highest BCUT2D eigenvalue weighted by Gasteiger charge is 2.32. The minimum atomic E-state index is -1.38. The third-order valence-electron chi connectivity index (χ3n) is 6.19. The molecule has 1 N–H and O–H groups in total. The number of carboxylic acid groups (broad SMARTS) is 1. The molecule has 11 heteroatoms. The molecule has 10 nitrogen and oxygen atoms in total. The van der Waals surface area contributed by atoms with Crippen molar-refractivity contribution in [1.29, 1.82) is 0 Å². The molecule has 3 aromatic rings. The van der Waals surface area contributed by atoms with Gasteiger partial charge in [-0.25, -0.2) is 9.18 Å². The van der Waals surface area contributed by atoms with Crippen LogP contribution < -0.4 is 20.1 Å². The SMILES string of the molecule is CN1COc2c(N3CCN(C(=O)c4cccn4C)CC3)c(F)cc3c(=O)c(C(=O)O)cn1c23. The molecule has 5 rings (SSSR count). The average Bonchev–Trinajstić information content (AvgIpc) is 3.22. The quantitative estimate of drug-likeness (QED) is 0.630. The van der Waals surface area contributed by atoms with E-state index in [2.05, 4.69) is 0 Å². The number of rotatable bonds is 3. The van der Waals surface area contributed by atoms with Crippen molar-refractivity contribution < 1.29 is 23.8 Å². The lowest BCUT2D eigenvalue weighted by atomic mass is 10.1. The van der Waals surface area contributed by atoms with Crippen LogP contribution in [0.25, 0.3) is 10.9 Å². The first-order valence-electron chi connectivity index (χ1n) is 10.4. The Morgan fingerprint density at radius 3 is 2.52 bits per heavy atom. The molecular formula is C22H22FN5O5. The van der Waals surface area contributed by atoms with Gasteiger partial charge in [0.05, 0.1) is 5.39 Å². The summed E-state index contributed by atoms with van der Waals surface area (Å²) in [4.78, 5) is 40.6. The van der Waals surface area contributed by atoms with Gasteiger partial charge in [-0.3, -0.25) is 19.3 Å². The molecule has 1 amide bonds. The number of anilines is 1. The molecule has 0 atom stereocenters. The summed E-state index contributed by atoms with van der Waals surface area (Å²) >= 11 is 0. The van der Waals surface area contributed by atoms with Crippen LogP contribution >= 0.6 is 0 Å². The zero-order valence-electron chi connectivity index (χ0n) is 18.1. The Labute approximate surface area is 187 Å². The van der Waals surface area contributed by atoms with Crippen molar-refractivity contribution in [2.75, 3.05) is 49.9 Å². The molecule has 0 spiro atoms. The Kier molecular flexibility index (Phi) is 4.76. The Bertz CT molecular complexity index is 1360. The van der Waals surface area contributed by atoms with Gasteiger partial charge < -0.3 is 24.2 Å². The number of carbonyl (C=O) groups is 2. The van der Waals surface area contributed by atoms with Crippen molar-refractivity contribution in [1.82, 2.24) is 14.1 Å². The molecule has 1 fully saturated rings. The largest absolute Gasteiger partial charge is 0.477 e. The molecule has 172 valence electrons. The van der Waals surface area contributed by atoms with Gasteiger partial charge in [0.1, 0.15) is 22.5 Å². The van der Waals surface area contributed by atoms with E-state index < -0.39 is 22.8 Å². The maximum atomic E-state index is 15.3. The number of carbonyl (C=O) groups excluding carboxylic acids is 1. The van der Waals surface area contributed by atoms with Gasteiger partial charge in [-0.1, -0.05) is 0 Å². The van der Waals surface area contributed by atoms with Crippen LogP contribution in [0.4, 0.5) is 10.1 Å². The fourth-order valence-corrected chi connectivity index (χ4v) is 4.45. The van der Waals surface area contributed by atoms with Crippen molar-refractivity contribution in [2.45, 2.75) is 0 Å². The lowest BCUT2D eigenvalue weighted by molar-refractivity contribution is 0.0692. The van der Waals surface area contributed by atoms with E-state index in [4.69, 9.17) is 4.74 Å². The van der Waals surface area contributed by atoms with Gasteiger partial charge in [-0.2, -0.15) is 0 Å². The zero-order chi connectivity index (χ0) is 23.4. The van der Waals surface area contributed by atoms with E-state index >= 15 is 4.39 Å². The topological polar surface area (TPSA) is 100 Å². The number of aromatic carboxylic acids is 1. The maximum absolute atomic E-state index is 15.3. The first-order valence-corrected chi connectivity index (χ1v) is 10.4. The van der Waals surface area contributed by atoms with E-state index in [1.54, 1.807) is 32.5 Å². The maximum Gasteiger partial charge on any atom is 0.341 e. The minimum absolute atomic E-state index is 0.0480. The highest BCUT2D eigenvalue weighted by Crippen LogP contribution is 2.40. The van der Waals surface area contributed by atoms with Crippen LogP contribution in [0.2, 0.25) is 0 Å². The number of hydrogen-bond acceptors (Lipinski definition) is 6. The number of aromatic nitrogens is 2. The van der Waals surface area contributed by atoms with Crippen molar-refractivity contribution in [2.24, 2.45) is 7.05 Å². The van der Waals surface area contributed by atoms with Crippen LogP contribution in [-0.2, 0) is 7.05 Å². The first kappa shape index (κ1) is 20.9. The molecule has 0 saturated carbocycles. The third-order valence-corrected chi connectivity index (χ3v) is 6.19. The van der Waals surface area contributed by atoms with Gasteiger partial charge in [0.25, 0.3) is 5.91 Å². The number of halogens is 1. The summed E-state index contributed by atoms with van der Waals surface area (Å²) in [6.07, 6.45) is 3.04. The van der Waals surface area contributed by atoms with Crippen molar-refractivity contribution >= 4 is 28.5 Å². The smallest absolute Gasteiger partial charge is 0.341 e. The van der Waals surface area contributed by atoms with Gasteiger partial charge in [0.2, 0.25) is 5.43 Å². The molecule has 4 heterocycles. The summed E-state index contributed by atoms with van der Waals surface area (Å²) in [6.45, 7) is 1.59. The van der Waals surface area contributed by atoms with Gasteiger partial charge in [0, 0.05) is 52.7 Å². The fourth-order valence-electron chi connectivity index (χ4n) is 4.45. The molecule has 1 aromatic carbocycles. The number of benzene rings is 1. The van der Waals surface area contributed by atoms with Crippen LogP contribution in [-0.4, -0.2) is 71.1 Å². The highest BCUT2D eigenvalue weighted by atomic mass is 19.1. The molecule has 0 aliphatic carbocycles. The van der Waals surface area contributed by atoms with Crippen LogP contribution in [0.1, 0.15) is 20.8 Å². The number of piperazine rings is 1. The van der Waals surface area contributed by atoms with E-state index in [0.717, 1.165) is 6.07 Å². The van der Waals surface area contributed by atoms with E-state index in [0.29, 0.717) is 37.4 Å². The van der Waals surface area contributed by atoms with Crippen LogP contribution in [0.3, 0.4) is 0 Å². The second-order valence-corrected chi connectivity index (χ2v) is 8.17. The van der Waals surface area contributed by atoms with E-state index in [1.807, 2.05) is 19.3 Å². The summed E-state index contributed by atoms with van der Waals surface area (Å²) < 4.78 is 24.4. The number of pyridine rings is 1. The third kappa shape index (κ3) is 3.19. The zero-order valence-corrected chi connectivity index (χ0v) is 18.1. The Morgan fingerprint density at radius 1 is 1.15 bits per heavy atom. The van der Waals surface area contributed by atoms with Crippen molar-refractivity contribution in [3.63, 3.8) is 0 Å². The summed E-state index contributed by atoms with van der Waals surface area (Å²) in [5, 5.41) is 10.9. The minimum Gasteiger partial charge on any atom is -0.477 e. The number of ether oxygens (including phenoxy) is 1. The Balaban J connectivity index is 1.53. The normalized spacial score (nSPS) is 15.7. The van der Waals surface area contributed by atoms with Crippen LogP contribution in [0, 0.1) is 5.82 Å².